The smallest absolute Gasteiger partial charge is 0.258 e. The van der Waals surface area contributed by atoms with Crippen molar-refractivity contribution in [3.63, 3.8) is 0 Å². The van der Waals surface area contributed by atoms with Crippen molar-refractivity contribution in [2.45, 2.75) is 39.8 Å². The average Bonchev–Trinajstić information content (AvgIpc) is 3.54. The summed E-state index contributed by atoms with van der Waals surface area (Å²) in [5.74, 6) is -2.23. The van der Waals surface area contributed by atoms with Gasteiger partial charge in [-0.2, -0.15) is 5.10 Å². The van der Waals surface area contributed by atoms with E-state index in [1.54, 1.807) is 26.7 Å². The maximum Gasteiger partial charge on any atom is 0.258 e. The first kappa shape index (κ1) is 27.6. The van der Waals surface area contributed by atoms with Crippen molar-refractivity contribution in [3.05, 3.63) is 81.7 Å². The molecule has 40 heavy (non-hydrogen) atoms. The van der Waals surface area contributed by atoms with E-state index in [4.69, 9.17) is 0 Å². The molecule has 1 aliphatic rings. The Bertz CT molecular complexity index is 1610. The summed E-state index contributed by atoms with van der Waals surface area (Å²) in [6.07, 6.45) is 3.34. The second-order valence-electron chi connectivity index (χ2n) is 10.7. The zero-order valence-electron chi connectivity index (χ0n) is 22.5. The minimum Gasteiger partial charge on any atom is -0.333 e. The van der Waals surface area contributed by atoms with Gasteiger partial charge >= 0.3 is 0 Å². The van der Waals surface area contributed by atoms with Crippen LogP contribution in [0.2, 0.25) is 0 Å². The predicted molar refractivity (Wildman–Crippen MR) is 148 cm³/mol. The van der Waals surface area contributed by atoms with E-state index in [1.165, 1.54) is 11.0 Å². The molecule has 2 amide bonds. The van der Waals surface area contributed by atoms with Crippen molar-refractivity contribution in [2.75, 3.05) is 19.6 Å². The summed E-state index contributed by atoms with van der Waals surface area (Å²) in [5.41, 5.74) is 2.27. The molecule has 208 valence electrons. The summed E-state index contributed by atoms with van der Waals surface area (Å²) >= 11 is 3.52. The SMILES string of the molecule is Cc1c(Br)cccc1-n1cc(CN2CCN(C(=O)c3cn(C(C)(C)C)nc3-c3ccc(F)cc3F)CC2=O)nn1. The Hall–Kier alpha value is -3.93. The van der Waals surface area contributed by atoms with Gasteiger partial charge in [0.2, 0.25) is 5.91 Å². The molecule has 2 aromatic heterocycles. The molecule has 0 saturated carbocycles. The average molecular weight is 612 g/mol. The molecule has 0 bridgehead atoms. The van der Waals surface area contributed by atoms with E-state index in [2.05, 4.69) is 31.3 Å². The van der Waals surface area contributed by atoms with Crippen LogP contribution in [0.3, 0.4) is 0 Å². The molecule has 0 atom stereocenters. The van der Waals surface area contributed by atoms with Crippen LogP contribution < -0.4 is 0 Å². The number of hydrogen-bond donors (Lipinski definition) is 0. The van der Waals surface area contributed by atoms with Gasteiger partial charge in [-0.1, -0.05) is 27.2 Å². The van der Waals surface area contributed by atoms with E-state index >= 15 is 0 Å². The molecule has 4 aromatic rings. The fourth-order valence-electron chi connectivity index (χ4n) is 4.50. The van der Waals surface area contributed by atoms with Gasteiger partial charge in [-0.05, 0) is 57.5 Å². The van der Waals surface area contributed by atoms with Crippen molar-refractivity contribution >= 4 is 27.7 Å². The Balaban J connectivity index is 1.33. The van der Waals surface area contributed by atoms with Gasteiger partial charge < -0.3 is 9.80 Å². The van der Waals surface area contributed by atoms with E-state index in [1.807, 2.05) is 45.9 Å². The molecule has 0 spiro atoms. The number of benzene rings is 2. The molecule has 2 aromatic carbocycles. The van der Waals surface area contributed by atoms with E-state index in [0.717, 1.165) is 27.9 Å². The largest absolute Gasteiger partial charge is 0.333 e. The molecule has 0 N–H and O–H groups in total. The Morgan fingerprint density at radius 1 is 1.10 bits per heavy atom. The number of nitrogens with zero attached hydrogens (tertiary/aromatic N) is 7. The van der Waals surface area contributed by atoms with E-state index in [-0.39, 0.29) is 42.4 Å². The monoisotopic (exact) mass is 611 g/mol. The molecule has 12 heteroatoms. The second kappa shape index (κ2) is 10.6. The van der Waals surface area contributed by atoms with Crippen molar-refractivity contribution in [2.24, 2.45) is 0 Å². The molecule has 1 saturated heterocycles. The van der Waals surface area contributed by atoms with Gasteiger partial charge in [0.15, 0.2) is 0 Å². The van der Waals surface area contributed by atoms with Gasteiger partial charge in [-0.25, -0.2) is 13.5 Å². The van der Waals surface area contributed by atoms with Crippen molar-refractivity contribution in [3.8, 4) is 16.9 Å². The molecule has 0 aliphatic carbocycles. The fraction of sp³-hybridized carbons (Fsp3) is 0.321. The number of carbonyl (C=O) groups is 2. The van der Waals surface area contributed by atoms with Crippen LogP contribution in [0.1, 0.15) is 42.4 Å². The van der Waals surface area contributed by atoms with E-state index in [9.17, 15) is 18.4 Å². The predicted octanol–water partition coefficient (Wildman–Crippen LogP) is 4.72. The lowest BCUT2D eigenvalue weighted by molar-refractivity contribution is -0.135. The van der Waals surface area contributed by atoms with Crippen molar-refractivity contribution in [1.82, 2.24) is 34.6 Å². The summed E-state index contributed by atoms with van der Waals surface area (Å²) < 4.78 is 32.5. The maximum atomic E-state index is 14.7. The van der Waals surface area contributed by atoms with Crippen molar-refractivity contribution < 1.29 is 18.4 Å². The number of halogens is 3. The standard InChI is InChI=1S/C28H28BrF2N7O2/c1-17-22(29)6-5-7-24(17)37-14-19(32-34-37)13-35-10-11-36(16-25(35)39)27(40)21-15-38(28(2,3)4)33-26(21)20-9-8-18(30)12-23(20)31/h5-9,12,14-15H,10-11,13,16H2,1-4H3. The quantitative estimate of drug-likeness (QED) is 0.326. The number of amides is 2. The number of hydrogen-bond acceptors (Lipinski definition) is 5. The summed E-state index contributed by atoms with van der Waals surface area (Å²) in [7, 11) is 0. The number of carbonyl (C=O) groups excluding carboxylic acids is 2. The third-order valence-electron chi connectivity index (χ3n) is 6.80. The molecule has 0 radical (unpaired) electrons. The first-order valence-electron chi connectivity index (χ1n) is 12.7. The van der Waals surface area contributed by atoms with E-state index in [0.29, 0.717) is 12.2 Å². The van der Waals surface area contributed by atoms with E-state index < -0.39 is 23.1 Å². The molecule has 3 heterocycles. The normalized spacial score (nSPS) is 14.2. The first-order chi connectivity index (χ1) is 18.9. The summed E-state index contributed by atoms with van der Waals surface area (Å²) in [5, 5.41) is 12.9. The Morgan fingerprint density at radius 2 is 1.88 bits per heavy atom. The van der Waals surface area contributed by atoms with Gasteiger partial charge in [0.25, 0.3) is 5.91 Å². The Morgan fingerprint density at radius 3 is 2.58 bits per heavy atom. The molecule has 0 unspecified atom stereocenters. The third-order valence-corrected chi connectivity index (χ3v) is 7.66. The van der Waals surface area contributed by atoms with Crippen LogP contribution in [-0.4, -0.2) is 66.0 Å². The Labute approximate surface area is 238 Å². The van der Waals surface area contributed by atoms with Crippen LogP contribution >= 0.6 is 15.9 Å². The minimum atomic E-state index is -0.819. The van der Waals surface area contributed by atoms with Crippen molar-refractivity contribution in [1.29, 1.82) is 0 Å². The molecule has 5 rings (SSSR count). The fourth-order valence-corrected chi connectivity index (χ4v) is 4.86. The van der Waals surface area contributed by atoms with Crippen LogP contribution in [0.25, 0.3) is 16.9 Å². The highest BCUT2D eigenvalue weighted by molar-refractivity contribution is 9.10. The van der Waals surface area contributed by atoms with Crippen LogP contribution in [0.15, 0.2) is 53.3 Å². The molecule has 1 fully saturated rings. The molecule has 1 aliphatic heterocycles. The Kier molecular flexibility index (Phi) is 7.30. The van der Waals surface area contributed by atoms with Gasteiger partial charge in [0, 0.05) is 35.4 Å². The van der Waals surface area contributed by atoms with Crippen LogP contribution in [0, 0.1) is 18.6 Å². The van der Waals surface area contributed by atoms with Gasteiger partial charge in [0.05, 0.1) is 29.5 Å². The minimum absolute atomic E-state index is 0.0153. The van der Waals surface area contributed by atoms with Crippen LogP contribution in [-0.2, 0) is 16.9 Å². The lowest BCUT2D eigenvalue weighted by Gasteiger charge is -2.33. The van der Waals surface area contributed by atoms with Gasteiger partial charge in [0.1, 0.15) is 29.6 Å². The maximum absolute atomic E-state index is 14.7. The van der Waals surface area contributed by atoms with Crippen LogP contribution in [0.4, 0.5) is 8.78 Å². The van der Waals surface area contributed by atoms with Crippen LogP contribution in [0.5, 0.6) is 0 Å². The summed E-state index contributed by atoms with van der Waals surface area (Å²) in [6.45, 7) is 8.34. The topological polar surface area (TPSA) is 89.1 Å². The number of piperazine rings is 1. The third kappa shape index (κ3) is 5.40. The number of aromatic nitrogens is 5. The molecular weight excluding hydrogens is 584 g/mol. The molecule has 9 nitrogen and oxygen atoms in total. The van der Waals surface area contributed by atoms with Gasteiger partial charge in [-0.15, -0.1) is 5.10 Å². The first-order valence-corrected chi connectivity index (χ1v) is 13.5. The summed E-state index contributed by atoms with van der Waals surface area (Å²) in [4.78, 5) is 29.8. The lowest BCUT2D eigenvalue weighted by Crippen LogP contribution is -2.51. The summed E-state index contributed by atoms with van der Waals surface area (Å²) in [6, 6.07) is 8.94. The second-order valence-corrected chi connectivity index (χ2v) is 11.6. The zero-order valence-corrected chi connectivity index (χ0v) is 24.1. The highest BCUT2D eigenvalue weighted by atomic mass is 79.9. The highest BCUT2D eigenvalue weighted by Crippen LogP contribution is 2.29. The highest BCUT2D eigenvalue weighted by Gasteiger charge is 2.32. The number of rotatable bonds is 5. The van der Waals surface area contributed by atoms with Gasteiger partial charge in [-0.3, -0.25) is 14.3 Å². The molecular formula is C28H28BrF2N7O2. The lowest BCUT2D eigenvalue weighted by atomic mass is 10.1. The zero-order chi connectivity index (χ0) is 28.8.